The first-order valence-electron chi connectivity index (χ1n) is 7.28. The van der Waals surface area contributed by atoms with Gasteiger partial charge in [0.1, 0.15) is 10.8 Å². The molecule has 3 N–H and O–H groups in total. The van der Waals surface area contributed by atoms with Crippen molar-refractivity contribution in [2.24, 2.45) is 5.73 Å². The number of aromatic nitrogens is 3. The Kier molecular flexibility index (Phi) is 4.15. The lowest BCUT2D eigenvalue weighted by Gasteiger charge is -2.12. The lowest BCUT2D eigenvalue weighted by atomic mass is 10.1. The van der Waals surface area contributed by atoms with E-state index in [0.29, 0.717) is 4.99 Å². The third kappa shape index (κ3) is 3.21. The van der Waals surface area contributed by atoms with E-state index >= 15 is 0 Å². The summed E-state index contributed by atoms with van der Waals surface area (Å²) in [4.78, 5) is 5.12. The number of anilines is 1. The number of hydrogen-bond donors (Lipinski definition) is 2. The van der Waals surface area contributed by atoms with Crippen molar-refractivity contribution in [3.63, 3.8) is 0 Å². The van der Waals surface area contributed by atoms with Crippen molar-refractivity contribution in [3.05, 3.63) is 41.3 Å². The maximum atomic E-state index is 5.83. The van der Waals surface area contributed by atoms with E-state index in [4.69, 9.17) is 22.9 Å². The average Bonchev–Trinajstić information content (AvgIpc) is 3.13. The van der Waals surface area contributed by atoms with Crippen LogP contribution in [0.25, 0.3) is 0 Å². The zero-order valence-corrected chi connectivity index (χ0v) is 12.7. The molecule has 0 saturated heterocycles. The first kappa shape index (κ1) is 14.0. The molecule has 0 bridgehead atoms. The van der Waals surface area contributed by atoms with Crippen molar-refractivity contribution >= 4 is 23.0 Å². The summed E-state index contributed by atoms with van der Waals surface area (Å²) in [6.07, 6.45) is 8.03. The van der Waals surface area contributed by atoms with E-state index in [9.17, 15) is 0 Å². The highest BCUT2D eigenvalue weighted by Crippen LogP contribution is 2.25. The number of nitrogens with zero attached hydrogens (tertiary/aromatic N) is 3. The molecular formula is C15H19N5S. The summed E-state index contributed by atoms with van der Waals surface area (Å²) in [6, 6.07) is 4.04. The molecule has 0 aliphatic heterocycles. The average molecular weight is 301 g/mol. The number of aryl methyl sites for hydroxylation is 3. The highest BCUT2D eigenvalue weighted by molar-refractivity contribution is 7.80. The number of nitrogens with two attached hydrogens (primary N) is 1. The summed E-state index contributed by atoms with van der Waals surface area (Å²) in [5, 5.41) is 7.55. The van der Waals surface area contributed by atoms with Crippen molar-refractivity contribution in [1.82, 2.24) is 14.8 Å². The van der Waals surface area contributed by atoms with Gasteiger partial charge in [-0.1, -0.05) is 12.2 Å². The van der Waals surface area contributed by atoms with Crippen LogP contribution >= 0.6 is 12.2 Å². The fourth-order valence-corrected chi connectivity index (χ4v) is 2.83. The van der Waals surface area contributed by atoms with E-state index < -0.39 is 0 Å². The highest BCUT2D eigenvalue weighted by atomic mass is 32.1. The molecule has 2 heterocycles. The molecule has 6 heteroatoms. The van der Waals surface area contributed by atoms with Gasteiger partial charge >= 0.3 is 0 Å². The number of rotatable bonds is 6. The summed E-state index contributed by atoms with van der Waals surface area (Å²) in [5.74, 6) is 0.823. The zero-order chi connectivity index (χ0) is 14.7. The Morgan fingerprint density at radius 1 is 1.43 bits per heavy atom. The second-order valence-corrected chi connectivity index (χ2v) is 5.70. The third-order valence-electron chi connectivity index (χ3n) is 3.73. The Morgan fingerprint density at radius 3 is 3.10 bits per heavy atom. The van der Waals surface area contributed by atoms with Gasteiger partial charge in [0.15, 0.2) is 0 Å². The Morgan fingerprint density at radius 2 is 2.33 bits per heavy atom. The van der Waals surface area contributed by atoms with Gasteiger partial charge in [-0.15, -0.1) is 0 Å². The van der Waals surface area contributed by atoms with Crippen molar-refractivity contribution in [2.75, 3.05) is 11.9 Å². The van der Waals surface area contributed by atoms with E-state index in [-0.39, 0.29) is 0 Å². The van der Waals surface area contributed by atoms with Gasteiger partial charge in [-0.25, -0.2) is 4.98 Å². The first-order valence-corrected chi connectivity index (χ1v) is 7.69. The summed E-state index contributed by atoms with van der Waals surface area (Å²) >= 11 is 5.15. The van der Waals surface area contributed by atoms with Crippen molar-refractivity contribution in [1.29, 1.82) is 0 Å². The van der Waals surface area contributed by atoms with Crippen LogP contribution in [0.5, 0.6) is 0 Å². The number of hydrogen-bond acceptors (Lipinski definition) is 4. The van der Waals surface area contributed by atoms with Gasteiger partial charge < -0.3 is 11.1 Å². The minimum Gasteiger partial charge on any atom is -0.389 e. The first-order chi connectivity index (χ1) is 10.2. The standard InChI is InChI=1S/C15H19N5S/c16-14(21)12-10-11-4-1-5-13(11)19-15(12)17-6-2-8-20-9-3-7-18-20/h3,7,9-10H,1-2,4-6,8H2,(H2,16,21)(H,17,19). The van der Waals surface area contributed by atoms with Crippen LogP contribution in [0.3, 0.4) is 0 Å². The number of nitrogens with one attached hydrogen (secondary N) is 1. The van der Waals surface area contributed by atoms with E-state index in [1.165, 1.54) is 17.7 Å². The second kappa shape index (κ2) is 6.22. The molecule has 2 aromatic rings. The van der Waals surface area contributed by atoms with Crippen LogP contribution in [-0.2, 0) is 19.4 Å². The van der Waals surface area contributed by atoms with Crippen molar-refractivity contribution < 1.29 is 0 Å². The predicted molar refractivity (Wildman–Crippen MR) is 87.5 cm³/mol. The molecule has 3 rings (SSSR count). The molecule has 5 nitrogen and oxygen atoms in total. The quantitative estimate of drug-likeness (QED) is 0.630. The Bertz CT molecular complexity index is 636. The van der Waals surface area contributed by atoms with Crippen LogP contribution < -0.4 is 11.1 Å². The third-order valence-corrected chi connectivity index (χ3v) is 3.95. The van der Waals surface area contributed by atoms with Crippen LogP contribution in [-0.4, -0.2) is 26.3 Å². The number of thiocarbonyl (C=S) groups is 1. The molecule has 0 saturated carbocycles. The molecule has 0 amide bonds. The fraction of sp³-hybridized carbons (Fsp3) is 0.400. The van der Waals surface area contributed by atoms with Crippen LogP contribution in [0.4, 0.5) is 5.82 Å². The maximum Gasteiger partial charge on any atom is 0.136 e. The van der Waals surface area contributed by atoms with Gasteiger partial charge in [0.2, 0.25) is 0 Å². The van der Waals surface area contributed by atoms with Gasteiger partial charge in [0.25, 0.3) is 0 Å². The smallest absolute Gasteiger partial charge is 0.136 e. The highest BCUT2D eigenvalue weighted by Gasteiger charge is 2.17. The minimum atomic E-state index is 0.409. The molecule has 21 heavy (non-hydrogen) atoms. The minimum absolute atomic E-state index is 0.409. The number of pyridine rings is 1. The van der Waals surface area contributed by atoms with E-state index in [1.54, 1.807) is 6.20 Å². The van der Waals surface area contributed by atoms with Crippen molar-refractivity contribution in [3.8, 4) is 0 Å². The van der Waals surface area contributed by atoms with Crippen LogP contribution in [0.1, 0.15) is 29.7 Å². The summed E-state index contributed by atoms with van der Waals surface area (Å²) in [5.41, 5.74) is 9.17. The molecule has 0 fully saturated rings. The van der Waals surface area contributed by atoms with Crippen LogP contribution in [0, 0.1) is 0 Å². The SMILES string of the molecule is NC(=S)c1cc2c(nc1NCCCn1cccn1)CCC2. The number of fused-ring (bicyclic) bond motifs is 1. The molecule has 2 aromatic heterocycles. The summed E-state index contributed by atoms with van der Waals surface area (Å²) in [7, 11) is 0. The molecule has 0 unspecified atom stereocenters. The molecule has 0 spiro atoms. The van der Waals surface area contributed by atoms with E-state index in [1.807, 2.05) is 16.9 Å². The van der Waals surface area contributed by atoms with Crippen LogP contribution in [0.2, 0.25) is 0 Å². The maximum absolute atomic E-state index is 5.83. The van der Waals surface area contributed by atoms with E-state index in [2.05, 4.69) is 16.5 Å². The summed E-state index contributed by atoms with van der Waals surface area (Å²) < 4.78 is 1.92. The Balaban J connectivity index is 1.65. The molecule has 0 atom stereocenters. The topological polar surface area (TPSA) is 68.8 Å². The monoisotopic (exact) mass is 301 g/mol. The lowest BCUT2D eigenvalue weighted by molar-refractivity contribution is 0.591. The van der Waals surface area contributed by atoms with Gasteiger partial charge in [-0.05, 0) is 43.4 Å². The van der Waals surface area contributed by atoms with Gasteiger partial charge in [-0.3, -0.25) is 4.68 Å². The fourth-order valence-electron chi connectivity index (χ4n) is 2.68. The van der Waals surface area contributed by atoms with Crippen molar-refractivity contribution in [2.45, 2.75) is 32.2 Å². The Labute approximate surface area is 129 Å². The predicted octanol–water partition coefficient (Wildman–Crippen LogP) is 1.90. The van der Waals surface area contributed by atoms with Gasteiger partial charge in [0.05, 0.1) is 5.56 Å². The lowest BCUT2D eigenvalue weighted by Crippen LogP contribution is -2.17. The second-order valence-electron chi connectivity index (χ2n) is 5.26. The van der Waals surface area contributed by atoms with Gasteiger partial charge in [0, 0.05) is 31.2 Å². The molecular weight excluding hydrogens is 282 g/mol. The molecule has 0 aromatic carbocycles. The molecule has 1 aliphatic carbocycles. The summed E-state index contributed by atoms with van der Waals surface area (Å²) in [6.45, 7) is 1.70. The normalized spacial score (nSPS) is 13.1. The molecule has 110 valence electrons. The molecule has 0 radical (unpaired) electrons. The zero-order valence-electron chi connectivity index (χ0n) is 11.9. The molecule has 1 aliphatic rings. The largest absolute Gasteiger partial charge is 0.389 e. The van der Waals surface area contributed by atoms with Gasteiger partial charge in [-0.2, -0.15) is 5.10 Å². The van der Waals surface area contributed by atoms with Crippen LogP contribution in [0.15, 0.2) is 24.5 Å². The van der Waals surface area contributed by atoms with E-state index in [0.717, 1.165) is 43.7 Å². The Hall–Kier alpha value is -1.95.